The Morgan fingerprint density at radius 1 is 1.23 bits per heavy atom. The van der Waals surface area contributed by atoms with E-state index in [1.807, 2.05) is 30.3 Å². The SMILES string of the molecule is NC(c1ccccc1)n1ccnn1. The van der Waals surface area contributed by atoms with Gasteiger partial charge in [0.25, 0.3) is 0 Å². The molecule has 0 bridgehead atoms. The number of benzene rings is 1. The molecule has 1 heterocycles. The fourth-order valence-corrected chi connectivity index (χ4v) is 1.17. The summed E-state index contributed by atoms with van der Waals surface area (Å²) in [6.07, 6.45) is 3.11. The van der Waals surface area contributed by atoms with Crippen LogP contribution >= 0.6 is 0 Å². The van der Waals surface area contributed by atoms with Crippen molar-refractivity contribution in [3.63, 3.8) is 0 Å². The fourth-order valence-electron chi connectivity index (χ4n) is 1.17. The Morgan fingerprint density at radius 3 is 2.62 bits per heavy atom. The molecule has 0 radical (unpaired) electrons. The van der Waals surface area contributed by atoms with Crippen molar-refractivity contribution in [3.8, 4) is 0 Å². The van der Waals surface area contributed by atoms with Gasteiger partial charge in [-0.2, -0.15) is 0 Å². The predicted octanol–water partition coefficient (Wildman–Crippen LogP) is 0.784. The van der Waals surface area contributed by atoms with E-state index < -0.39 is 0 Å². The van der Waals surface area contributed by atoms with E-state index in [0.717, 1.165) is 5.56 Å². The maximum Gasteiger partial charge on any atom is 0.126 e. The number of hydrogen-bond acceptors (Lipinski definition) is 3. The average molecular weight is 174 g/mol. The Balaban J connectivity index is 2.29. The lowest BCUT2D eigenvalue weighted by Gasteiger charge is -2.10. The zero-order valence-corrected chi connectivity index (χ0v) is 7.04. The molecule has 0 saturated carbocycles. The first-order valence-electron chi connectivity index (χ1n) is 4.04. The van der Waals surface area contributed by atoms with Crippen LogP contribution in [0.4, 0.5) is 0 Å². The molecule has 1 atom stereocenters. The summed E-state index contributed by atoms with van der Waals surface area (Å²) in [5.41, 5.74) is 6.94. The molecule has 2 N–H and O–H groups in total. The van der Waals surface area contributed by atoms with Crippen molar-refractivity contribution in [2.75, 3.05) is 0 Å². The van der Waals surface area contributed by atoms with Crippen LogP contribution in [-0.2, 0) is 0 Å². The lowest BCUT2D eigenvalue weighted by Crippen LogP contribution is -2.20. The molecule has 0 amide bonds. The smallest absolute Gasteiger partial charge is 0.126 e. The molecule has 0 aliphatic heterocycles. The van der Waals surface area contributed by atoms with Crippen molar-refractivity contribution in [2.45, 2.75) is 6.17 Å². The first kappa shape index (κ1) is 7.94. The maximum absolute atomic E-state index is 5.92. The topological polar surface area (TPSA) is 56.7 Å². The quantitative estimate of drug-likeness (QED) is 0.732. The third-order valence-corrected chi connectivity index (χ3v) is 1.87. The summed E-state index contributed by atoms with van der Waals surface area (Å²) >= 11 is 0. The lowest BCUT2D eigenvalue weighted by molar-refractivity contribution is 0.522. The van der Waals surface area contributed by atoms with Crippen LogP contribution < -0.4 is 5.73 Å². The first-order valence-corrected chi connectivity index (χ1v) is 4.04. The highest BCUT2D eigenvalue weighted by Gasteiger charge is 2.06. The van der Waals surface area contributed by atoms with Gasteiger partial charge in [-0.15, -0.1) is 5.10 Å². The second-order valence-electron chi connectivity index (χ2n) is 2.74. The molecule has 0 aliphatic carbocycles. The summed E-state index contributed by atoms with van der Waals surface area (Å²) in [7, 11) is 0. The Labute approximate surface area is 76.0 Å². The highest BCUT2D eigenvalue weighted by molar-refractivity contribution is 5.18. The Bertz CT molecular complexity index is 354. The number of rotatable bonds is 2. The summed E-state index contributed by atoms with van der Waals surface area (Å²) in [5, 5.41) is 7.54. The van der Waals surface area contributed by atoms with Gasteiger partial charge in [-0.1, -0.05) is 35.5 Å². The minimum Gasteiger partial charge on any atom is -0.306 e. The van der Waals surface area contributed by atoms with Crippen LogP contribution in [0.5, 0.6) is 0 Å². The summed E-state index contributed by atoms with van der Waals surface area (Å²) in [4.78, 5) is 0. The largest absolute Gasteiger partial charge is 0.306 e. The summed E-state index contributed by atoms with van der Waals surface area (Å²) in [6.45, 7) is 0. The molecule has 4 nitrogen and oxygen atoms in total. The highest BCUT2D eigenvalue weighted by atomic mass is 15.4. The molecule has 2 rings (SSSR count). The maximum atomic E-state index is 5.92. The van der Waals surface area contributed by atoms with Crippen molar-refractivity contribution >= 4 is 0 Å². The van der Waals surface area contributed by atoms with Crippen LogP contribution in [-0.4, -0.2) is 15.0 Å². The average Bonchev–Trinajstić information content (AvgIpc) is 2.71. The van der Waals surface area contributed by atoms with E-state index in [1.54, 1.807) is 17.1 Å². The van der Waals surface area contributed by atoms with Crippen LogP contribution in [0.1, 0.15) is 11.7 Å². The number of hydrogen-bond donors (Lipinski definition) is 1. The van der Waals surface area contributed by atoms with Gasteiger partial charge in [0.1, 0.15) is 6.17 Å². The molecule has 0 saturated heterocycles. The normalized spacial score (nSPS) is 12.7. The van der Waals surface area contributed by atoms with Gasteiger partial charge in [0.05, 0.1) is 6.20 Å². The van der Waals surface area contributed by atoms with Gasteiger partial charge in [-0.05, 0) is 5.56 Å². The number of nitrogens with two attached hydrogens (primary N) is 1. The second-order valence-corrected chi connectivity index (χ2v) is 2.74. The minimum atomic E-state index is -0.247. The summed E-state index contributed by atoms with van der Waals surface area (Å²) in [5.74, 6) is 0. The van der Waals surface area contributed by atoms with Crippen LogP contribution in [0.2, 0.25) is 0 Å². The van der Waals surface area contributed by atoms with Crippen LogP contribution in [0.25, 0.3) is 0 Å². The van der Waals surface area contributed by atoms with E-state index in [-0.39, 0.29) is 6.17 Å². The van der Waals surface area contributed by atoms with E-state index in [4.69, 9.17) is 5.73 Å². The zero-order valence-electron chi connectivity index (χ0n) is 7.04. The summed E-state index contributed by atoms with van der Waals surface area (Å²) < 4.78 is 1.62. The van der Waals surface area contributed by atoms with Crippen molar-refractivity contribution in [1.82, 2.24) is 15.0 Å². The van der Waals surface area contributed by atoms with E-state index in [0.29, 0.717) is 0 Å². The Morgan fingerprint density at radius 2 is 2.00 bits per heavy atom. The monoisotopic (exact) mass is 174 g/mol. The van der Waals surface area contributed by atoms with Crippen LogP contribution in [0.3, 0.4) is 0 Å². The van der Waals surface area contributed by atoms with Crippen molar-refractivity contribution in [1.29, 1.82) is 0 Å². The Kier molecular flexibility index (Phi) is 2.06. The fraction of sp³-hybridized carbons (Fsp3) is 0.111. The minimum absolute atomic E-state index is 0.247. The molecule has 66 valence electrons. The van der Waals surface area contributed by atoms with Crippen molar-refractivity contribution < 1.29 is 0 Å². The van der Waals surface area contributed by atoms with E-state index in [9.17, 15) is 0 Å². The molecule has 4 heteroatoms. The highest BCUT2D eigenvalue weighted by Crippen LogP contribution is 2.09. The number of aromatic nitrogens is 3. The zero-order chi connectivity index (χ0) is 9.10. The van der Waals surface area contributed by atoms with Crippen LogP contribution in [0.15, 0.2) is 42.7 Å². The number of nitrogens with zero attached hydrogens (tertiary/aromatic N) is 3. The van der Waals surface area contributed by atoms with E-state index in [2.05, 4.69) is 10.3 Å². The van der Waals surface area contributed by atoms with Crippen LogP contribution in [0, 0.1) is 0 Å². The third-order valence-electron chi connectivity index (χ3n) is 1.87. The van der Waals surface area contributed by atoms with Gasteiger partial charge in [0.2, 0.25) is 0 Å². The van der Waals surface area contributed by atoms with Gasteiger partial charge in [-0.25, -0.2) is 4.68 Å². The molecule has 0 aliphatic rings. The predicted molar refractivity (Wildman–Crippen MR) is 48.8 cm³/mol. The molecular formula is C9H10N4. The molecule has 1 unspecified atom stereocenters. The molecule has 1 aromatic carbocycles. The van der Waals surface area contributed by atoms with Gasteiger partial charge in [0, 0.05) is 6.20 Å². The van der Waals surface area contributed by atoms with E-state index >= 15 is 0 Å². The first-order chi connectivity index (χ1) is 6.38. The molecule has 0 spiro atoms. The molecule has 0 fully saturated rings. The molecule has 1 aromatic heterocycles. The summed E-state index contributed by atoms with van der Waals surface area (Å²) in [6, 6.07) is 9.79. The molecule has 2 aromatic rings. The van der Waals surface area contributed by atoms with Crippen molar-refractivity contribution in [2.24, 2.45) is 5.73 Å². The molecule has 13 heavy (non-hydrogen) atoms. The lowest BCUT2D eigenvalue weighted by atomic mass is 10.2. The third kappa shape index (κ3) is 1.57. The van der Waals surface area contributed by atoms with Crippen molar-refractivity contribution in [3.05, 3.63) is 48.3 Å². The molecular weight excluding hydrogens is 164 g/mol. The standard InChI is InChI=1S/C9H10N4/c10-9(13-7-6-11-12-13)8-4-2-1-3-5-8/h1-7,9H,10H2. The van der Waals surface area contributed by atoms with Gasteiger partial charge in [0.15, 0.2) is 0 Å². The van der Waals surface area contributed by atoms with Gasteiger partial charge >= 0.3 is 0 Å². The second kappa shape index (κ2) is 3.37. The van der Waals surface area contributed by atoms with E-state index in [1.165, 1.54) is 0 Å². The van der Waals surface area contributed by atoms with Gasteiger partial charge < -0.3 is 5.73 Å². The Hall–Kier alpha value is -1.68. The van der Waals surface area contributed by atoms with Gasteiger partial charge in [-0.3, -0.25) is 0 Å².